The lowest BCUT2D eigenvalue weighted by Gasteiger charge is -2.43. The monoisotopic (exact) mass is 355 g/mol. The molecule has 1 N–H and O–H groups in total. The maximum Gasteiger partial charge on any atom is 0.246 e. The Balaban J connectivity index is 1.57. The summed E-state index contributed by atoms with van der Waals surface area (Å²) >= 11 is 0. The Morgan fingerprint density at radius 3 is 2.54 bits per heavy atom. The van der Waals surface area contributed by atoms with Crippen molar-refractivity contribution in [3.8, 4) is 0 Å². The smallest absolute Gasteiger partial charge is 0.246 e. The number of hydrogen-bond acceptors (Lipinski definition) is 3. The van der Waals surface area contributed by atoms with Gasteiger partial charge in [-0.15, -0.1) is 0 Å². The number of likely N-dealkylation sites (tertiary alicyclic amines) is 2. The number of hydrogen-bond donors (Lipinski definition) is 1. The van der Waals surface area contributed by atoms with E-state index in [9.17, 15) is 14.4 Å². The number of carbonyl (C=O) groups is 3. The van der Waals surface area contributed by atoms with Crippen LogP contribution in [0.1, 0.15) is 24.5 Å². The molecule has 3 rings (SSSR count). The van der Waals surface area contributed by atoms with E-state index in [1.54, 1.807) is 22.9 Å². The lowest BCUT2D eigenvalue weighted by Crippen LogP contribution is -2.61. The molecule has 6 nitrogen and oxygen atoms in total. The Labute approximate surface area is 153 Å². The number of allylic oxidation sites excluding steroid dienone is 1. The minimum Gasteiger partial charge on any atom is -0.359 e. The topological polar surface area (TPSA) is 69.7 Å². The van der Waals surface area contributed by atoms with E-state index >= 15 is 0 Å². The molecule has 0 aliphatic carbocycles. The van der Waals surface area contributed by atoms with Gasteiger partial charge in [-0.25, -0.2) is 0 Å². The van der Waals surface area contributed by atoms with Gasteiger partial charge in [0.2, 0.25) is 17.7 Å². The molecule has 3 amide bonds. The molecule has 0 aromatic heterocycles. The third kappa shape index (κ3) is 3.49. The Kier molecular flexibility index (Phi) is 5.11. The second kappa shape index (κ2) is 7.32. The second-order valence-electron chi connectivity index (χ2n) is 7.10. The molecule has 138 valence electrons. The predicted octanol–water partition coefficient (Wildman–Crippen LogP) is 1.20. The van der Waals surface area contributed by atoms with Crippen LogP contribution in [0.3, 0.4) is 0 Å². The van der Waals surface area contributed by atoms with Crippen molar-refractivity contribution < 1.29 is 14.4 Å². The molecular formula is C20H25N3O3. The Hall–Kier alpha value is -2.63. The first-order valence-electron chi connectivity index (χ1n) is 8.95. The Morgan fingerprint density at radius 1 is 1.19 bits per heavy atom. The van der Waals surface area contributed by atoms with Crippen LogP contribution in [0, 0.1) is 12.8 Å². The van der Waals surface area contributed by atoms with E-state index in [0.29, 0.717) is 19.6 Å². The molecule has 2 saturated heterocycles. The summed E-state index contributed by atoms with van der Waals surface area (Å²) in [4.78, 5) is 39.8. The van der Waals surface area contributed by atoms with E-state index in [0.717, 1.165) is 16.7 Å². The summed E-state index contributed by atoms with van der Waals surface area (Å²) in [6, 6.07) is 8.00. The molecule has 1 aromatic carbocycles. The van der Waals surface area contributed by atoms with Crippen LogP contribution in [0.15, 0.2) is 30.3 Å². The van der Waals surface area contributed by atoms with Crippen LogP contribution in [0.2, 0.25) is 0 Å². The fourth-order valence-corrected chi connectivity index (χ4v) is 3.67. The molecule has 1 aromatic rings. The van der Waals surface area contributed by atoms with Gasteiger partial charge in [-0.2, -0.15) is 0 Å². The highest BCUT2D eigenvalue weighted by atomic mass is 16.2. The number of rotatable bonds is 4. The van der Waals surface area contributed by atoms with E-state index in [2.05, 4.69) is 5.32 Å². The summed E-state index contributed by atoms with van der Waals surface area (Å²) in [7, 11) is 1.59. The summed E-state index contributed by atoms with van der Waals surface area (Å²) in [6.45, 7) is 5.47. The average Bonchev–Trinajstić information content (AvgIpc) is 2.94. The summed E-state index contributed by atoms with van der Waals surface area (Å²) in [5.41, 5.74) is 3.15. The van der Waals surface area contributed by atoms with Crippen LogP contribution in [0.4, 0.5) is 0 Å². The second-order valence-corrected chi connectivity index (χ2v) is 7.10. The van der Waals surface area contributed by atoms with Gasteiger partial charge in [0, 0.05) is 39.2 Å². The molecule has 0 radical (unpaired) electrons. The van der Waals surface area contributed by atoms with Crippen molar-refractivity contribution in [3.63, 3.8) is 0 Å². The highest BCUT2D eigenvalue weighted by molar-refractivity contribution is 5.96. The van der Waals surface area contributed by atoms with Crippen molar-refractivity contribution in [1.82, 2.24) is 15.1 Å². The molecule has 0 spiro atoms. The van der Waals surface area contributed by atoms with Crippen molar-refractivity contribution >= 4 is 23.3 Å². The quantitative estimate of drug-likeness (QED) is 0.825. The fraction of sp³-hybridized carbons (Fsp3) is 0.450. The minimum absolute atomic E-state index is 0.00216. The number of nitrogens with zero attached hydrogens (tertiary/aromatic N) is 2. The first kappa shape index (κ1) is 18.2. The summed E-state index contributed by atoms with van der Waals surface area (Å²) in [5.74, 6) is -0.399. The molecule has 0 bridgehead atoms. The summed E-state index contributed by atoms with van der Waals surface area (Å²) in [6.07, 6.45) is 1.92. The predicted molar refractivity (Wildman–Crippen MR) is 99.1 cm³/mol. The third-order valence-electron chi connectivity index (χ3n) is 5.30. The lowest BCUT2D eigenvalue weighted by atomic mass is 10.0. The van der Waals surface area contributed by atoms with E-state index in [1.807, 2.05) is 38.1 Å². The van der Waals surface area contributed by atoms with E-state index in [-0.39, 0.29) is 36.1 Å². The zero-order chi connectivity index (χ0) is 18.8. The number of benzene rings is 1. The molecular weight excluding hydrogens is 330 g/mol. The Bertz CT molecular complexity index is 765. The first-order valence-corrected chi connectivity index (χ1v) is 8.95. The van der Waals surface area contributed by atoms with Gasteiger partial charge in [0.15, 0.2) is 0 Å². The molecule has 2 fully saturated rings. The Morgan fingerprint density at radius 2 is 1.88 bits per heavy atom. The zero-order valence-corrected chi connectivity index (χ0v) is 15.5. The maximum atomic E-state index is 12.5. The van der Waals surface area contributed by atoms with E-state index < -0.39 is 0 Å². The van der Waals surface area contributed by atoms with Gasteiger partial charge in [0.05, 0.1) is 12.0 Å². The van der Waals surface area contributed by atoms with Crippen molar-refractivity contribution in [2.24, 2.45) is 5.92 Å². The summed E-state index contributed by atoms with van der Waals surface area (Å²) in [5, 5.41) is 2.60. The molecule has 1 unspecified atom stereocenters. The van der Waals surface area contributed by atoms with E-state index in [1.165, 1.54) is 0 Å². The first-order chi connectivity index (χ1) is 12.4. The zero-order valence-electron chi connectivity index (χ0n) is 15.5. The van der Waals surface area contributed by atoms with Gasteiger partial charge in [-0.1, -0.05) is 24.3 Å². The van der Waals surface area contributed by atoms with E-state index in [4.69, 9.17) is 0 Å². The van der Waals surface area contributed by atoms with Gasteiger partial charge in [-0.05, 0) is 30.5 Å². The molecule has 2 aliphatic rings. The number of carbonyl (C=O) groups excluding carboxylic acids is 3. The fourth-order valence-electron chi connectivity index (χ4n) is 3.67. The SMILES string of the molecule is CNC(=O)C1CC(=O)N(C2CN(C(=O)/C=C(\C)c3ccccc3C)C2)C1. The van der Waals surface area contributed by atoms with Crippen LogP contribution in [-0.2, 0) is 14.4 Å². The summed E-state index contributed by atoms with van der Waals surface area (Å²) < 4.78 is 0. The molecule has 1 atom stereocenters. The normalized spacial score (nSPS) is 21.0. The van der Waals surface area contributed by atoms with Crippen molar-refractivity contribution in [2.75, 3.05) is 26.7 Å². The van der Waals surface area contributed by atoms with Gasteiger partial charge in [0.25, 0.3) is 0 Å². The van der Waals surface area contributed by atoms with Crippen LogP contribution in [0.5, 0.6) is 0 Å². The number of amides is 3. The van der Waals surface area contributed by atoms with Crippen molar-refractivity contribution in [3.05, 3.63) is 41.5 Å². The molecule has 2 aliphatic heterocycles. The van der Waals surface area contributed by atoms with Gasteiger partial charge in [0.1, 0.15) is 0 Å². The molecule has 26 heavy (non-hydrogen) atoms. The van der Waals surface area contributed by atoms with Crippen LogP contribution in [0.25, 0.3) is 5.57 Å². The number of nitrogens with one attached hydrogen (secondary N) is 1. The highest BCUT2D eigenvalue weighted by Gasteiger charge is 2.42. The molecule has 2 heterocycles. The van der Waals surface area contributed by atoms with Crippen LogP contribution < -0.4 is 5.32 Å². The van der Waals surface area contributed by atoms with Gasteiger partial charge >= 0.3 is 0 Å². The largest absolute Gasteiger partial charge is 0.359 e. The van der Waals surface area contributed by atoms with Gasteiger partial charge in [-0.3, -0.25) is 14.4 Å². The van der Waals surface area contributed by atoms with Crippen LogP contribution in [-0.4, -0.2) is 60.2 Å². The van der Waals surface area contributed by atoms with Crippen LogP contribution >= 0.6 is 0 Å². The number of aryl methyl sites for hydroxylation is 1. The minimum atomic E-state index is -0.277. The highest BCUT2D eigenvalue weighted by Crippen LogP contribution is 2.26. The maximum absolute atomic E-state index is 12.5. The van der Waals surface area contributed by atoms with Crippen molar-refractivity contribution in [1.29, 1.82) is 0 Å². The lowest BCUT2D eigenvalue weighted by molar-refractivity contribution is -0.140. The van der Waals surface area contributed by atoms with Crippen molar-refractivity contribution in [2.45, 2.75) is 26.3 Å². The molecule has 0 saturated carbocycles. The standard InChI is InChI=1S/C20H25N3O3/c1-13-6-4-5-7-17(13)14(2)8-18(24)22-11-16(12-22)23-10-15(9-19(23)25)20(26)21-3/h4-8,15-16H,9-12H2,1-3H3,(H,21,26)/b14-8+. The molecule has 6 heteroatoms. The average molecular weight is 355 g/mol. The van der Waals surface area contributed by atoms with Gasteiger partial charge < -0.3 is 15.1 Å². The third-order valence-corrected chi connectivity index (χ3v) is 5.30.